The van der Waals surface area contributed by atoms with E-state index < -0.39 is 0 Å². The first-order valence-electron chi connectivity index (χ1n) is 8.82. The van der Waals surface area contributed by atoms with E-state index in [-0.39, 0.29) is 11.5 Å². The van der Waals surface area contributed by atoms with Gasteiger partial charge in [-0.25, -0.2) is 5.10 Å². The Kier molecular flexibility index (Phi) is 5.00. The minimum absolute atomic E-state index is 0.158. The first-order valence-corrected chi connectivity index (χ1v) is 9.40. The van der Waals surface area contributed by atoms with Gasteiger partial charge in [-0.2, -0.15) is 5.10 Å². The molecule has 3 aromatic carbocycles. The van der Waals surface area contributed by atoms with Gasteiger partial charge in [-0.3, -0.25) is 9.59 Å². The lowest BCUT2D eigenvalue weighted by Gasteiger charge is -2.09. The lowest BCUT2D eigenvalue weighted by atomic mass is 10.0. The smallest absolute Gasteiger partial charge is 0.272 e. The van der Waals surface area contributed by atoms with Crippen LogP contribution in [0.4, 0.5) is 5.69 Å². The fraction of sp³-hybridized carbons (Fsp3) is 0.0455. The Hall–Kier alpha value is -3.30. The SMILES string of the molecule is O=C(Nc1cccc(Cc2n[nH]c(=O)c3ccccc23)c1)c1ccc(P)cc1. The zero-order valence-corrected chi connectivity index (χ0v) is 16.1. The lowest BCUT2D eigenvalue weighted by Crippen LogP contribution is -2.13. The first-order chi connectivity index (χ1) is 13.6. The summed E-state index contributed by atoms with van der Waals surface area (Å²) in [5.41, 5.74) is 2.89. The largest absolute Gasteiger partial charge is 0.322 e. The Labute approximate surface area is 164 Å². The van der Waals surface area contributed by atoms with Gasteiger partial charge < -0.3 is 5.32 Å². The molecule has 0 aliphatic heterocycles. The van der Waals surface area contributed by atoms with Crippen LogP contribution in [0.3, 0.4) is 0 Å². The number of hydrogen-bond donors (Lipinski definition) is 2. The number of amides is 1. The molecule has 1 unspecified atom stereocenters. The van der Waals surface area contributed by atoms with Gasteiger partial charge in [-0.05, 0) is 41.2 Å². The Morgan fingerprint density at radius 3 is 2.50 bits per heavy atom. The number of H-pyrrole nitrogens is 1. The molecule has 138 valence electrons. The van der Waals surface area contributed by atoms with Gasteiger partial charge in [-0.1, -0.05) is 42.5 Å². The van der Waals surface area contributed by atoms with E-state index in [0.29, 0.717) is 23.1 Å². The normalized spacial score (nSPS) is 10.8. The Morgan fingerprint density at radius 1 is 0.964 bits per heavy atom. The molecule has 2 N–H and O–H groups in total. The van der Waals surface area contributed by atoms with Crippen molar-refractivity contribution in [1.82, 2.24) is 10.2 Å². The summed E-state index contributed by atoms with van der Waals surface area (Å²) in [6.45, 7) is 0. The molecule has 0 saturated heterocycles. The summed E-state index contributed by atoms with van der Waals surface area (Å²) in [5.74, 6) is -0.158. The maximum absolute atomic E-state index is 12.4. The number of nitrogens with zero attached hydrogens (tertiary/aromatic N) is 1. The molecule has 4 aromatic rings. The number of carbonyl (C=O) groups is 1. The highest BCUT2D eigenvalue weighted by Gasteiger charge is 2.09. The third kappa shape index (κ3) is 3.85. The van der Waals surface area contributed by atoms with Crippen molar-refractivity contribution in [2.45, 2.75) is 6.42 Å². The van der Waals surface area contributed by atoms with Gasteiger partial charge in [0.1, 0.15) is 0 Å². The van der Waals surface area contributed by atoms with E-state index in [4.69, 9.17) is 0 Å². The quantitative estimate of drug-likeness (QED) is 0.528. The number of benzene rings is 3. The molecule has 0 radical (unpaired) electrons. The monoisotopic (exact) mass is 387 g/mol. The molecule has 0 spiro atoms. The van der Waals surface area contributed by atoms with Crippen LogP contribution < -0.4 is 16.2 Å². The third-order valence-corrected chi connectivity index (χ3v) is 4.89. The number of anilines is 1. The summed E-state index contributed by atoms with van der Waals surface area (Å²) < 4.78 is 0. The van der Waals surface area contributed by atoms with Crippen LogP contribution in [0.2, 0.25) is 0 Å². The van der Waals surface area contributed by atoms with E-state index in [2.05, 4.69) is 24.8 Å². The van der Waals surface area contributed by atoms with Crippen molar-refractivity contribution in [3.63, 3.8) is 0 Å². The van der Waals surface area contributed by atoms with E-state index >= 15 is 0 Å². The predicted molar refractivity (Wildman–Crippen MR) is 115 cm³/mol. The molecule has 4 rings (SSSR count). The van der Waals surface area contributed by atoms with Crippen molar-refractivity contribution in [2.24, 2.45) is 0 Å². The van der Waals surface area contributed by atoms with Gasteiger partial charge in [-0.15, -0.1) is 9.24 Å². The summed E-state index contributed by atoms with van der Waals surface area (Å²) >= 11 is 0. The molecule has 1 aromatic heterocycles. The van der Waals surface area contributed by atoms with E-state index in [1.807, 2.05) is 54.6 Å². The highest BCUT2D eigenvalue weighted by Crippen LogP contribution is 2.19. The minimum Gasteiger partial charge on any atom is -0.322 e. The number of carbonyl (C=O) groups excluding carboxylic acids is 1. The van der Waals surface area contributed by atoms with E-state index in [1.165, 1.54) is 0 Å². The van der Waals surface area contributed by atoms with Crippen molar-refractivity contribution < 1.29 is 4.79 Å². The zero-order valence-electron chi connectivity index (χ0n) is 15.0. The van der Waals surface area contributed by atoms with Gasteiger partial charge in [0.25, 0.3) is 11.5 Å². The molecule has 0 fully saturated rings. The molecule has 0 saturated carbocycles. The van der Waals surface area contributed by atoms with Crippen LogP contribution in [0.1, 0.15) is 21.6 Å². The average Bonchev–Trinajstić information content (AvgIpc) is 2.71. The topological polar surface area (TPSA) is 74.8 Å². The minimum atomic E-state index is -0.197. The summed E-state index contributed by atoms with van der Waals surface area (Å²) in [7, 11) is 2.60. The van der Waals surface area contributed by atoms with Crippen molar-refractivity contribution >= 4 is 36.9 Å². The molecule has 1 heterocycles. The number of aromatic nitrogens is 2. The Bertz CT molecular complexity index is 1220. The number of rotatable bonds is 4. The summed E-state index contributed by atoms with van der Waals surface area (Å²) in [5, 5.41) is 12.2. The first kappa shape index (κ1) is 18.1. The summed E-state index contributed by atoms with van der Waals surface area (Å²) in [6.07, 6.45) is 0.544. The summed E-state index contributed by atoms with van der Waals surface area (Å²) in [6, 6.07) is 22.4. The summed E-state index contributed by atoms with van der Waals surface area (Å²) in [4.78, 5) is 24.4. The van der Waals surface area contributed by atoms with Crippen molar-refractivity contribution in [2.75, 3.05) is 5.32 Å². The fourth-order valence-corrected chi connectivity index (χ4v) is 3.29. The number of nitrogens with one attached hydrogen (secondary N) is 2. The van der Waals surface area contributed by atoms with Crippen molar-refractivity contribution in [1.29, 1.82) is 0 Å². The van der Waals surface area contributed by atoms with Crippen LogP contribution in [0.25, 0.3) is 10.8 Å². The second-order valence-electron chi connectivity index (χ2n) is 6.50. The number of hydrogen-bond acceptors (Lipinski definition) is 3. The maximum Gasteiger partial charge on any atom is 0.272 e. The molecule has 0 aliphatic carbocycles. The molecular formula is C22H18N3O2P. The zero-order chi connectivity index (χ0) is 19.5. The molecule has 1 amide bonds. The molecule has 1 atom stereocenters. The van der Waals surface area contributed by atoms with Gasteiger partial charge in [0.2, 0.25) is 0 Å². The molecule has 6 heteroatoms. The molecule has 28 heavy (non-hydrogen) atoms. The second-order valence-corrected chi connectivity index (χ2v) is 7.16. The van der Waals surface area contributed by atoms with Gasteiger partial charge in [0.05, 0.1) is 11.1 Å². The van der Waals surface area contributed by atoms with Crippen LogP contribution >= 0.6 is 9.24 Å². The standard InChI is InChI=1S/C22H18N3O2P/c26-21(15-8-10-17(28)11-9-15)23-16-5-3-4-14(12-16)13-20-18-6-1-2-7-19(18)22(27)25-24-20/h1-12H,13,28H2,(H,23,26)(H,25,27). The molecule has 5 nitrogen and oxygen atoms in total. The highest BCUT2D eigenvalue weighted by atomic mass is 31.0. The average molecular weight is 387 g/mol. The number of fused-ring (bicyclic) bond motifs is 1. The van der Waals surface area contributed by atoms with Crippen molar-refractivity contribution in [3.05, 3.63) is 100.0 Å². The van der Waals surface area contributed by atoms with E-state index in [1.54, 1.807) is 18.2 Å². The van der Waals surface area contributed by atoms with Crippen LogP contribution in [-0.4, -0.2) is 16.1 Å². The van der Waals surface area contributed by atoms with Gasteiger partial charge >= 0.3 is 0 Å². The Morgan fingerprint density at radius 2 is 1.71 bits per heavy atom. The van der Waals surface area contributed by atoms with Crippen LogP contribution in [0.15, 0.2) is 77.6 Å². The Balaban J connectivity index is 1.58. The highest BCUT2D eigenvalue weighted by molar-refractivity contribution is 7.27. The van der Waals surface area contributed by atoms with Crippen LogP contribution in [0.5, 0.6) is 0 Å². The molecule has 0 aliphatic rings. The molecular weight excluding hydrogens is 369 g/mol. The fourth-order valence-electron chi connectivity index (χ4n) is 3.10. The van der Waals surface area contributed by atoms with E-state index in [0.717, 1.165) is 21.9 Å². The van der Waals surface area contributed by atoms with Crippen LogP contribution in [-0.2, 0) is 6.42 Å². The van der Waals surface area contributed by atoms with Crippen LogP contribution in [0, 0.1) is 0 Å². The maximum atomic E-state index is 12.4. The van der Waals surface area contributed by atoms with Gasteiger partial charge in [0.15, 0.2) is 0 Å². The number of aromatic amines is 1. The van der Waals surface area contributed by atoms with Crippen molar-refractivity contribution in [3.8, 4) is 0 Å². The van der Waals surface area contributed by atoms with E-state index in [9.17, 15) is 9.59 Å². The second kappa shape index (κ2) is 7.75. The lowest BCUT2D eigenvalue weighted by molar-refractivity contribution is 0.102. The van der Waals surface area contributed by atoms with Gasteiger partial charge in [0, 0.05) is 23.1 Å². The third-order valence-electron chi connectivity index (χ3n) is 4.50. The molecule has 0 bridgehead atoms. The predicted octanol–water partition coefficient (Wildman–Crippen LogP) is 3.27.